The number of carbonyl (C=O) groups excluding carboxylic acids is 2. The molecule has 1 aliphatic rings. The maximum absolute atomic E-state index is 13.0. The van der Waals surface area contributed by atoms with Crippen LogP contribution in [0.15, 0.2) is 48.5 Å². The van der Waals surface area contributed by atoms with E-state index in [4.69, 9.17) is 9.47 Å². The second-order valence-electron chi connectivity index (χ2n) is 7.71. The number of nitrogens with one attached hydrogen (secondary N) is 2. The predicted molar refractivity (Wildman–Crippen MR) is 114 cm³/mol. The topological polar surface area (TPSA) is 79.9 Å². The van der Waals surface area contributed by atoms with Crippen molar-refractivity contribution in [3.63, 3.8) is 0 Å². The quantitative estimate of drug-likeness (QED) is 0.734. The van der Waals surface area contributed by atoms with Crippen LogP contribution in [-0.2, 0) is 17.9 Å². The maximum atomic E-state index is 13.0. The van der Waals surface area contributed by atoms with Gasteiger partial charge in [-0.15, -0.1) is 0 Å². The van der Waals surface area contributed by atoms with Crippen molar-refractivity contribution < 1.29 is 19.1 Å². The first-order valence-electron chi connectivity index (χ1n) is 10.2. The minimum Gasteiger partial charge on any atom is -0.486 e. The van der Waals surface area contributed by atoms with E-state index in [1.54, 1.807) is 11.9 Å². The first-order chi connectivity index (χ1) is 14.4. The van der Waals surface area contributed by atoms with Crippen LogP contribution in [-0.4, -0.2) is 43.1 Å². The van der Waals surface area contributed by atoms with Gasteiger partial charge < -0.3 is 25.0 Å². The van der Waals surface area contributed by atoms with Crippen molar-refractivity contribution in [3.8, 4) is 11.5 Å². The highest BCUT2D eigenvalue weighted by Gasteiger charge is 2.27. The van der Waals surface area contributed by atoms with Gasteiger partial charge in [0.15, 0.2) is 11.5 Å². The molecule has 0 bridgehead atoms. The summed E-state index contributed by atoms with van der Waals surface area (Å²) in [6.45, 7) is 5.70. The van der Waals surface area contributed by atoms with E-state index in [0.29, 0.717) is 32.1 Å². The van der Waals surface area contributed by atoms with Crippen LogP contribution in [0.5, 0.6) is 11.5 Å². The van der Waals surface area contributed by atoms with Crippen LogP contribution in [0.25, 0.3) is 0 Å². The number of hydrogen-bond acceptors (Lipinski definition) is 4. The van der Waals surface area contributed by atoms with Crippen molar-refractivity contribution in [2.24, 2.45) is 5.92 Å². The maximum Gasteiger partial charge on any atom is 0.315 e. The normalized spacial score (nSPS) is 13.5. The van der Waals surface area contributed by atoms with Gasteiger partial charge in [0.1, 0.15) is 19.3 Å². The fourth-order valence-corrected chi connectivity index (χ4v) is 3.26. The van der Waals surface area contributed by atoms with Crippen LogP contribution >= 0.6 is 0 Å². The number of amides is 3. The summed E-state index contributed by atoms with van der Waals surface area (Å²) in [4.78, 5) is 27.0. The van der Waals surface area contributed by atoms with Gasteiger partial charge in [-0.05, 0) is 29.2 Å². The first kappa shape index (κ1) is 21.5. The summed E-state index contributed by atoms with van der Waals surface area (Å²) in [5.74, 6) is 1.21. The summed E-state index contributed by atoms with van der Waals surface area (Å²) in [5.41, 5.74) is 1.93. The van der Waals surface area contributed by atoms with Crippen LogP contribution in [0.1, 0.15) is 25.0 Å². The molecule has 0 saturated heterocycles. The van der Waals surface area contributed by atoms with Gasteiger partial charge in [0, 0.05) is 20.1 Å². The van der Waals surface area contributed by atoms with Crippen molar-refractivity contribution in [1.29, 1.82) is 0 Å². The molecule has 0 radical (unpaired) electrons. The summed E-state index contributed by atoms with van der Waals surface area (Å²) < 4.78 is 11.2. The molecule has 0 unspecified atom stereocenters. The predicted octanol–water partition coefficient (Wildman–Crippen LogP) is 2.94. The molecule has 1 heterocycles. The Hall–Kier alpha value is -3.22. The Labute approximate surface area is 177 Å². The highest BCUT2D eigenvalue weighted by atomic mass is 16.6. The van der Waals surface area contributed by atoms with Gasteiger partial charge in [0.2, 0.25) is 5.91 Å². The van der Waals surface area contributed by atoms with Crippen LogP contribution in [0, 0.1) is 5.92 Å². The number of benzene rings is 2. The van der Waals surface area contributed by atoms with E-state index >= 15 is 0 Å². The molecular weight excluding hydrogens is 382 g/mol. The summed E-state index contributed by atoms with van der Waals surface area (Å²) in [5, 5.41) is 5.63. The number of ether oxygens (including phenoxy) is 2. The molecule has 0 aliphatic carbocycles. The summed E-state index contributed by atoms with van der Waals surface area (Å²) in [7, 11) is 1.73. The molecule has 0 aromatic heterocycles. The van der Waals surface area contributed by atoms with Crippen molar-refractivity contribution >= 4 is 11.9 Å². The van der Waals surface area contributed by atoms with Crippen LogP contribution in [0.2, 0.25) is 0 Å². The van der Waals surface area contributed by atoms with Crippen molar-refractivity contribution in [2.75, 3.05) is 20.3 Å². The molecule has 2 aromatic rings. The third-order valence-electron chi connectivity index (χ3n) is 4.92. The molecule has 3 amide bonds. The lowest BCUT2D eigenvalue weighted by molar-refractivity contribution is -0.133. The van der Waals surface area contributed by atoms with E-state index in [1.165, 1.54) is 0 Å². The van der Waals surface area contributed by atoms with Gasteiger partial charge in [0.25, 0.3) is 0 Å². The second kappa shape index (κ2) is 10.0. The number of hydrogen-bond donors (Lipinski definition) is 2. The molecule has 1 aliphatic heterocycles. The van der Waals surface area contributed by atoms with E-state index < -0.39 is 6.04 Å². The molecule has 1 atom stereocenters. The average Bonchev–Trinajstić information content (AvgIpc) is 2.76. The van der Waals surface area contributed by atoms with E-state index in [-0.39, 0.29) is 17.9 Å². The average molecular weight is 412 g/mol. The Morgan fingerprint density at radius 3 is 2.40 bits per heavy atom. The third-order valence-corrected chi connectivity index (χ3v) is 4.92. The van der Waals surface area contributed by atoms with E-state index in [9.17, 15) is 9.59 Å². The van der Waals surface area contributed by atoms with Gasteiger partial charge in [-0.2, -0.15) is 0 Å². The standard InChI is InChI=1S/C23H29N3O4/c1-16(2)21(25-23(28)24-14-17-7-5-4-6-8-17)22(27)26(3)15-18-9-10-19-20(13-18)30-12-11-29-19/h4-10,13,16,21H,11-12,14-15H2,1-3H3,(H2,24,25,28)/t21-/m0/s1. The minimum atomic E-state index is -0.622. The molecule has 0 saturated carbocycles. The highest BCUT2D eigenvalue weighted by molar-refractivity contribution is 5.87. The fraction of sp³-hybridized carbons (Fsp3) is 0.391. The first-order valence-corrected chi connectivity index (χ1v) is 10.2. The van der Waals surface area contributed by atoms with E-state index in [2.05, 4.69) is 10.6 Å². The van der Waals surface area contributed by atoms with Gasteiger partial charge >= 0.3 is 6.03 Å². The molecule has 7 nitrogen and oxygen atoms in total. The SMILES string of the molecule is CC(C)[C@H](NC(=O)NCc1ccccc1)C(=O)N(C)Cc1ccc2c(c1)OCCO2. The number of carbonyl (C=O) groups is 2. The number of urea groups is 1. The molecule has 2 aromatic carbocycles. The second-order valence-corrected chi connectivity index (χ2v) is 7.71. The molecule has 30 heavy (non-hydrogen) atoms. The summed E-state index contributed by atoms with van der Waals surface area (Å²) in [6.07, 6.45) is 0. The summed E-state index contributed by atoms with van der Waals surface area (Å²) in [6, 6.07) is 14.3. The molecule has 7 heteroatoms. The lowest BCUT2D eigenvalue weighted by atomic mass is 10.0. The minimum absolute atomic E-state index is 0.0531. The highest BCUT2D eigenvalue weighted by Crippen LogP contribution is 2.31. The van der Waals surface area contributed by atoms with Crippen LogP contribution in [0.4, 0.5) is 4.79 Å². The Kier molecular flexibility index (Phi) is 7.17. The van der Waals surface area contributed by atoms with Crippen molar-refractivity contribution in [2.45, 2.75) is 33.0 Å². The zero-order valence-corrected chi connectivity index (χ0v) is 17.7. The lowest BCUT2D eigenvalue weighted by Gasteiger charge is -2.27. The smallest absolute Gasteiger partial charge is 0.315 e. The Morgan fingerprint density at radius 1 is 1.00 bits per heavy atom. The van der Waals surface area contributed by atoms with Crippen LogP contribution in [0.3, 0.4) is 0 Å². The third kappa shape index (κ3) is 5.65. The Balaban J connectivity index is 1.57. The molecule has 2 N–H and O–H groups in total. The molecule has 160 valence electrons. The molecule has 0 spiro atoms. The van der Waals surface area contributed by atoms with Crippen molar-refractivity contribution in [1.82, 2.24) is 15.5 Å². The number of rotatable bonds is 7. The number of nitrogens with zero attached hydrogens (tertiary/aromatic N) is 1. The Bertz CT molecular complexity index is 870. The lowest BCUT2D eigenvalue weighted by Crippen LogP contribution is -2.52. The monoisotopic (exact) mass is 411 g/mol. The number of fused-ring (bicyclic) bond motifs is 1. The molecule has 0 fully saturated rings. The zero-order chi connectivity index (χ0) is 21.5. The Morgan fingerprint density at radius 2 is 1.70 bits per heavy atom. The summed E-state index contributed by atoms with van der Waals surface area (Å²) >= 11 is 0. The van der Waals surface area contributed by atoms with Gasteiger partial charge in [-0.1, -0.05) is 50.2 Å². The molecule has 3 rings (SSSR count). The van der Waals surface area contributed by atoms with Gasteiger partial charge in [-0.25, -0.2) is 4.79 Å². The van der Waals surface area contributed by atoms with Gasteiger partial charge in [0.05, 0.1) is 0 Å². The number of likely N-dealkylation sites (N-methyl/N-ethyl adjacent to an activating group) is 1. The van der Waals surface area contributed by atoms with Crippen molar-refractivity contribution in [3.05, 3.63) is 59.7 Å². The largest absolute Gasteiger partial charge is 0.486 e. The fourth-order valence-electron chi connectivity index (χ4n) is 3.26. The van der Waals surface area contributed by atoms with Crippen LogP contribution < -0.4 is 20.1 Å². The van der Waals surface area contributed by atoms with E-state index in [1.807, 2.05) is 62.4 Å². The van der Waals surface area contributed by atoms with Gasteiger partial charge in [-0.3, -0.25) is 4.79 Å². The van der Waals surface area contributed by atoms with E-state index in [0.717, 1.165) is 16.9 Å². The molecular formula is C23H29N3O4. The zero-order valence-electron chi connectivity index (χ0n) is 17.7.